The smallest absolute Gasteiger partial charge is 0.261 e. The summed E-state index contributed by atoms with van der Waals surface area (Å²) in [6.07, 6.45) is 0. The lowest BCUT2D eigenvalue weighted by Gasteiger charge is -2.32. The van der Waals surface area contributed by atoms with Gasteiger partial charge in [-0.25, -0.2) is 8.42 Å². The molecule has 0 unspecified atom stereocenters. The van der Waals surface area contributed by atoms with Crippen molar-refractivity contribution in [2.24, 2.45) is 0 Å². The zero-order valence-electron chi connectivity index (χ0n) is 14.3. The van der Waals surface area contributed by atoms with Crippen molar-refractivity contribution in [3.8, 4) is 0 Å². The zero-order valence-corrected chi connectivity index (χ0v) is 15.8. The van der Waals surface area contributed by atoms with Crippen molar-refractivity contribution in [1.29, 1.82) is 0 Å². The van der Waals surface area contributed by atoms with Crippen LogP contribution in [-0.4, -0.2) is 44.9 Å². The van der Waals surface area contributed by atoms with Gasteiger partial charge in [0, 0.05) is 31.2 Å². The van der Waals surface area contributed by atoms with E-state index in [0.717, 1.165) is 6.54 Å². The number of hydrogen-bond acceptors (Lipinski definition) is 4. The lowest BCUT2D eigenvalue weighted by atomic mass is 10.1. The number of halogens is 1. The number of nitrogens with one attached hydrogen (secondary N) is 2. The summed E-state index contributed by atoms with van der Waals surface area (Å²) >= 11 is 6.02. The number of amides is 1. The molecule has 2 N–H and O–H groups in total. The Balaban J connectivity index is 1.84. The second-order valence-electron chi connectivity index (χ2n) is 6.22. The first-order valence-electron chi connectivity index (χ1n) is 8.27. The van der Waals surface area contributed by atoms with Gasteiger partial charge < -0.3 is 10.2 Å². The summed E-state index contributed by atoms with van der Waals surface area (Å²) in [5.41, 5.74) is 0.642. The third-order valence-corrected chi connectivity index (χ3v) is 5.86. The van der Waals surface area contributed by atoms with Crippen molar-refractivity contribution in [1.82, 2.24) is 10.2 Å². The summed E-state index contributed by atoms with van der Waals surface area (Å²) in [4.78, 5) is 14.4. The second kappa shape index (κ2) is 7.65. The normalized spacial score (nSPS) is 17.8. The minimum atomic E-state index is -3.85. The predicted molar refractivity (Wildman–Crippen MR) is 102 cm³/mol. The van der Waals surface area contributed by atoms with Gasteiger partial charge in [0.15, 0.2) is 0 Å². The number of rotatable bonds is 4. The van der Waals surface area contributed by atoms with E-state index in [1.165, 1.54) is 12.1 Å². The van der Waals surface area contributed by atoms with E-state index in [1.807, 2.05) is 6.92 Å². The SMILES string of the molecule is C[C@@H]1CN(C(=O)c2cccc(S(=O)(=O)Nc3ccccc3Cl)c2)CCN1. The highest BCUT2D eigenvalue weighted by atomic mass is 35.5. The van der Waals surface area contributed by atoms with E-state index in [2.05, 4.69) is 10.0 Å². The molecule has 1 saturated heterocycles. The molecule has 1 heterocycles. The van der Waals surface area contributed by atoms with Crippen LogP contribution in [0.25, 0.3) is 0 Å². The van der Waals surface area contributed by atoms with E-state index in [9.17, 15) is 13.2 Å². The molecular formula is C18H20ClN3O3S. The van der Waals surface area contributed by atoms with Crippen molar-refractivity contribution in [3.05, 3.63) is 59.1 Å². The van der Waals surface area contributed by atoms with Crippen LogP contribution in [0.3, 0.4) is 0 Å². The average Bonchev–Trinajstić information content (AvgIpc) is 2.63. The third-order valence-electron chi connectivity index (χ3n) is 4.17. The fourth-order valence-electron chi connectivity index (χ4n) is 2.84. The maximum atomic E-state index is 12.7. The fraction of sp³-hybridized carbons (Fsp3) is 0.278. The van der Waals surface area contributed by atoms with Crippen LogP contribution in [0.2, 0.25) is 5.02 Å². The summed E-state index contributed by atoms with van der Waals surface area (Å²) in [7, 11) is -3.85. The van der Waals surface area contributed by atoms with Gasteiger partial charge in [-0.3, -0.25) is 9.52 Å². The van der Waals surface area contributed by atoms with Crippen LogP contribution < -0.4 is 10.0 Å². The average molecular weight is 394 g/mol. The van der Waals surface area contributed by atoms with Gasteiger partial charge in [-0.15, -0.1) is 0 Å². The van der Waals surface area contributed by atoms with Crippen LogP contribution in [0.1, 0.15) is 17.3 Å². The van der Waals surface area contributed by atoms with E-state index < -0.39 is 10.0 Å². The second-order valence-corrected chi connectivity index (χ2v) is 8.31. The van der Waals surface area contributed by atoms with Crippen molar-refractivity contribution in [2.75, 3.05) is 24.4 Å². The van der Waals surface area contributed by atoms with Crippen LogP contribution in [0, 0.1) is 0 Å². The number of anilines is 1. The molecule has 0 saturated carbocycles. The van der Waals surface area contributed by atoms with Crippen LogP contribution >= 0.6 is 11.6 Å². The van der Waals surface area contributed by atoms with E-state index >= 15 is 0 Å². The molecule has 6 nitrogen and oxygen atoms in total. The minimum Gasteiger partial charge on any atom is -0.336 e. The summed E-state index contributed by atoms with van der Waals surface area (Å²) in [5, 5.41) is 3.58. The molecule has 1 aliphatic heterocycles. The van der Waals surface area contributed by atoms with Gasteiger partial charge >= 0.3 is 0 Å². The molecule has 1 aliphatic rings. The Labute approximate surface area is 158 Å². The molecule has 0 radical (unpaired) electrons. The predicted octanol–water partition coefficient (Wildman–Crippen LogP) is 2.57. The summed E-state index contributed by atoms with van der Waals surface area (Å²) in [6, 6.07) is 12.8. The standard InChI is InChI=1S/C18H20ClN3O3S/c1-13-12-22(10-9-20-13)18(23)14-5-4-6-15(11-14)26(24,25)21-17-8-3-2-7-16(17)19/h2-8,11,13,20-21H,9-10,12H2,1H3/t13-/m1/s1. The molecule has 0 aliphatic carbocycles. The van der Waals surface area contributed by atoms with E-state index in [4.69, 9.17) is 11.6 Å². The maximum absolute atomic E-state index is 12.7. The Morgan fingerprint density at radius 1 is 1.23 bits per heavy atom. The van der Waals surface area contributed by atoms with Gasteiger partial charge in [0.2, 0.25) is 0 Å². The molecule has 2 aromatic carbocycles. The molecule has 8 heteroatoms. The van der Waals surface area contributed by atoms with E-state index in [0.29, 0.717) is 29.4 Å². The molecule has 3 rings (SSSR count). The zero-order chi connectivity index (χ0) is 18.7. The number of para-hydroxylation sites is 1. The molecular weight excluding hydrogens is 374 g/mol. The van der Waals surface area contributed by atoms with Gasteiger partial charge in [-0.05, 0) is 37.3 Å². The molecule has 1 atom stereocenters. The summed E-state index contributed by atoms with van der Waals surface area (Å²) in [5.74, 6) is -0.173. The monoisotopic (exact) mass is 393 g/mol. The number of benzene rings is 2. The Kier molecular flexibility index (Phi) is 5.50. The Morgan fingerprint density at radius 2 is 2.00 bits per heavy atom. The number of carbonyl (C=O) groups is 1. The van der Waals surface area contributed by atoms with Crippen molar-refractivity contribution in [3.63, 3.8) is 0 Å². The van der Waals surface area contributed by atoms with Gasteiger partial charge in [-0.1, -0.05) is 29.8 Å². The molecule has 1 fully saturated rings. The van der Waals surface area contributed by atoms with Crippen LogP contribution in [0.15, 0.2) is 53.4 Å². The topological polar surface area (TPSA) is 78.5 Å². The number of hydrogen-bond donors (Lipinski definition) is 2. The summed E-state index contributed by atoms with van der Waals surface area (Å²) < 4.78 is 27.8. The fourth-order valence-corrected chi connectivity index (χ4v) is 4.21. The number of carbonyl (C=O) groups excluding carboxylic acids is 1. The summed E-state index contributed by atoms with van der Waals surface area (Å²) in [6.45, 7) is 3.92. The number of sulfonamides is 1. The number of nitrogens with zero attached hydrogens (tertiary/aromatic N) is 1. The first-order valence-corrected chi connectivity index (χ1v) is 10.1. The van der Waals surface area contributed by atoms with Crippen molar-refractivity contribution < 1.29 is 13.2 Å². The van der Waals surface area contributed by atoms with Gasteiger partial charge in [0.1, 0.15) is 0 Å². The highest BCUT2D eigenvalue weighted by molar-refractivity contribution is 7.92. The van der Waals surface area contributed by atoms with Crippen molar-refractivity contribution in [2.45, 2.75) is 17.9 Å². The van der Waals surface area contributed by atoms with Crippen LogP contribution in [-0.2, 0) is 10.0 Å². The van der Waals surface area contributed by atoms with E-state index in [1.54, 1.807) is 41.3 Å². The Morgan fingerprint density at radius 3 is 2.73 bits per heavy atom. The molecule has 2 aromatic rings. The molecule has 1 amide bonds. The molecule has 26 heavy (non-hydrogen) atoms. The number of piperazine rings is 1. The Bertz CT molecular complexity index is 917. The first-order chi connectivity index (χ1) is 12.4. The van der Waals surface area contributed by atoms with Gasteiger partial charge in [-0.2, -0.15) is 0 Å². The molecule has 0 bridgehead atoms. The molecule has 138 valence electrons. The quantitative estimate of drug-likeness (QED) is 0.836. The molecule has 0 spiro atoms. The molecule has 0 aromatic heterocycles. The largest absolute Gasteiger partial charge is 0.336 e. The highest BCUT2D eigenvalue weighted by Gasteiger charge is 2.23. The van der Waals surface area contributed by atoms with Crippen LogP contribution in [0.5, 0.6) is 0 Å². The van der Waals surface area contributed by atoms with Crippen LogP contribution in [0.4, 0.5) is 5.69 Å². The minimum absolute atomic E-state index is 0.0199. The first kappa shape index (κ1) is 18.7. The maximum Gasteiger partial charge on any atom is 0.261 e. The van der Waals surface area contributed by atoms with Gasteiger partial charge in [0.25, 0.3) is 15.9 Å². The third kappa shape index (κ3) is 4.17. The lowest BCUT2D eigenvalue weighted by Crippen LogP contribution is -2.51. The lowest BCUT2D eigenvalue weighted by molar-refractivity contribution is 0.0709. The van der Waals surface area contributed by atoms with Crippen molar-refractivity contribution >= 4 is 33.2 Å². The van der Waals surface area contributed by atoms with Gasteiger partial charge in [0.05, 0.1) is 15.6 Å². The highest BCUT2D eigenvalue weighted by Crippen LogP contribution is 2.24. The Hall–Kier alpha value is -2.09. The van der Waals surface area contributed by atoms with E-state index in [-0.39, 0.29) is 16.8 Å².